The Morgan fingerprint density at radius 1 is 0.519 bits per heavy atom. The van der Waals surface area contributed by atoms with E-state index in [0.29, 0.717) is 19.6 Å². The van der Waals surface area contributed by atoms with Crippen molar-refractivity contribution in [3.63, 3.8) is 0 Å². The molecule has 0 aliphatic heterocycles. The van der Waals surface area contributed by atoms with E-state index < -0.39 is 7.32 Å². The van der Waals surface area contributed by atoms with E-state index in [4.69, 9.17) is 14.3 Å². The Morgan fingerprint density at radius 3 is 1.17 bits per heavy atom. The van der Waals surface area contributed by atoms with Crippen molar-refractivity contribution < 1.29 is 33.8 Å². The minimum Gasteiger partial charge on any atom is -0.871 e. The van der Waals surface area contributed by atoms with E-state index in [2.05, 4.69) is 90.1 Å². The molecule has 0 fully saturated rings. The molecule has 0 aliphatic rings. The first kappa shape index (κ1) is 41.9. The molecule has 0 aliphatic carbocycles. The third-order valence-corrected chi connectivity index (χ3v) is 8.47. The third-order valence-electron chi connectivity index (χ3n) is 8.47. The highest BCUT2D eigenvalue weighted by Gasteiger charge is 2.35. The van der Waals surface area contributed by atoms with Gasteiger partial charge in [-0.05, 0) is 55.5 Å². The Hall–Kier alpha value is -4.50. The van der Waals surface area contributed by atoms with Gasteiger partial charge in [0.05, 0.1) is 18.2 Å². The minimum atomic E-state index is -2.23. The van der Waals surface area contributed by atoms with Crippen molar-refractivity contribution in [2.24, 2.45) is 0 Å². The molecule has 5 rings (SSSR count). The summed E-state index contributed by atoms with van der Waals surface area (Å²) >= 11 is 0. The number of nitrogens with zero attached hydrogens (tertiary/aromatic N) is 2. The lowest BCUT2D eigenvalue weighted by molar-refractivity contribution is -0.897. The van der Waals surface area contributed by atoms with Crippen molar-refractivity contribution in [2.75, 3.05) is 19.8 Å². The minimum absolute atomic E-state index is 0.121. The zero-order valence-corrected chi connectivity index (χ0v) is 32.3. The van der Waals surface area contributed by atoms with Gasteiger partial charge < -0.3 is 14.7 Å². The molecule has 8 heteroatoms. The standard InChI is InChI=1S/C22H21BO3.2C11H18NO/c24-23(25)26-18-10-17-22(19-11-4-1-5-12-19,20-13-6-2-7-14-20)21-15-8-3-9-16-21;2*1-5-13-12-9-7-6-8-10(12)11(2,3)4/h1-9,11-16H,10,17-18H2;2*6-9H,5H2,1-4H3/q-2;2*+1. The molecule has 0 bridgehead atoms. The Bertz CT molecular complexity index is 1550. The van der Waals surface area contributed by atoms with Crippen molar-refractivity contribution in [2.45, 2.75) is 84.5 Å². The first-order valence-electron chi connectivity index (χ1n) is 18.2. The first-order chi connectivity index (χ1) is 24.8. The number of hydrogen-bond donors (Lipinski definition) is 0. The maximum Gasteiger partial charge on any atom is 0.239 e. The number of rotatable bonds is 12. The second kappa shape index (κ2) is 20.5. The molecular formula is C44H57BN2O5. The molecule has 276 valence electrons. The number of benzene rings is 3. The van der Waals surface area contributed by atoms with Gasteiger partial charge in [-0.1, -0.05) is 133 Å². The summed E-state index contributed by atoms with van der Waals surface area (Å²) in [6, 6.07) is 43.3. The van der Waals surface area contributed by atoms with Crippen LogP contribution in [0.3, 0.4) is 0 Å². The summed E-state index contributed by atoms with van der Waals surface area (Å²) in [5.74, 6) is 0. The summed E-state index contributed by atoms with van der Waals surface area (Å²) in [5.41, 5.74) is 5.80. The van der Waals surface area contributed by atoms with Crippen LogP contribution in [0.25, 0.3) is 0 Å². The number of aromatic nitrogens is 2. The monoisotopic (exact) mass is 704 g/mol. The second-order valence-electron chi connectivity index (χ2n) is 14.4. The molecular weight excluding hydrogens is 647 g/mol. The van der Waals surface area contributed by atoms with Gasteiger partial charge in [-0.15, -0.1) is 0 Å². The maximum absolute atomic E-state index is 10.7. The van der Waals surface area contributed by atoms with Crippen molar-refractivity contribution in [3.05, 3.63) is 168 Å². The highest BCUT2D eigenvalue weighted by atomic mass is 16.7. The van der Waals surface area contributed by atoms with Gasteiger partial charge in [-0.2, -0.15) is 0 Å². The third kappa shape index (κ3) is 12.3. The second-order valence-corrected chi connectivity index (χ2v) is 14.4. The average molecular weight is 705 g/mol. The molecule has 0 saturated carbocycles. The van der Waals surface area contributed by atoms with Crippen LogP contribution < -0.4 is 29.2 Å². The topological polar surface area (TPSA) is 81.6 Å². The van der Waals surface area contributed by atoms with Gasteiger partial charge in [0.25, 0.3) is 0 Å². The Balaban J connectivity index is 0.000000235. The van der Waals surface area contributed by atoms with Crippen molar-refractivity contribution in [3.8, 4) is 0 Å². The number of hydrogen-bond acceptors (Lipinski definition) is 5. The van der Waals surface area contributed by atoms with E-state index in [1.54, 1.807) is 0 Å². The van der Waals surface area contributed by atoms with Crippen LogP contribution in [0.1, 0.15) is 96.3 Å². The average Bonchev–Trinajstić information content (AvgIpc) is 3.13. The zero-order chi connectivity index (χ0) is 38.0. The van der Waals surface area contributed by atoms with Crippen LogP contribution in [0, 0.1) is 0 Å². The van der Waals surface area contributed by atoms with Gasteiger partial charge in [0.15, 0.2) is 13.2 Å². The molecule has 0 spiro atoms. The zero-order valence-electron chi connectivity index (χ0n) is 32.3. The Labute approximate surface area is 312 Å². The van der Waals surface area contributed by atoms with Crippen LogP contribution in [-0.4, -0.2) is 27.1 Å². The van der Waals surface area contributed by atoms with Crippen LogP contribution in [-0.2, 0) is 20.9 Å². The predicted molar refractivity (Wildman–Crippen MR) is 205 cm³/mol. The van der Waals surface area contributed by atoms with Gasteiger partial charge >= 0.3 is 0 Å². The van der Waals surface area contributed by atoms with E-state index in [1.807, 2.05) is 115 Å². The molecule has 0 atom stereocenters. The van der Waals surface area contributed by atoms with Gasteiger partial charge in [0.1, 0.15) is 0 Å². The Kier molecular flexibility index (Phi) is 16.5. The molecule has 0 radical (unpaired) electrons. The predicted octanol–water partition coefficient (Wildman–Crippen LogP) is 5.96. The largest absolute Gasteiger partial charge is 0.871 e. The van der Waals surface area contributed by atoms with E-state index in [9.17, 15) is 10.0 Å². The van der Waals surface area contributed by atoms with Crippen LogP contribution in [0.15, 0.2) is 140 Å². The highest BCUT2D eigenvalue weighted by molar-refractivity contribution is 6.28. The van der Waals surface area contributed by atoms with E-state index in [1.165, 1.54) is 28.1 Å². The fourth-order valence-electron chi connectivity index (χ4n) is 6.14. The van der Waals surface area contributed by atoms with Gasteiger partial charge in [-0.3, -0.25) is 9.68 Å². The molecule has 3 aromatic carbocycles. The Morgan fingerprint density at radius 2 is 0.865 bits per heavy atom. The smallest absolute Gasteiger partial charge is 0.239 e. The molecule has 7 nitrogen and oxygen atoms in total. The summed E-state index contributed by atoms with van der Waals surface area (Å²) in [6.45, 7) is 18.6. The first-order valence-corrected chi connectivity index (χ1v) is 18.2. The molecule has 0 amide bonds. The molecule has 2 aromatic heterocycles. The van der Waals surface area contributed by atoms with Crippen LogP contribution in [0.4, 0.5) is 0 Å². The van der Waals surface area contributed by atoms with Crippen molar-refractivity contribution in [1.29, 1.82) is 0 Å². The molecule has 0 saturated heterocycles. The highest BCUT2D eigenvalue weighted by Crippen LogP contribution is 2.43. The van der Waals surface area contributed by atoms with E-state index >= 15 is 0 Å². The van der Waals surface area contributed by atoms with Crippen LogP contribution in [0.5, 0.6) is 0 Å². The normalized spacial score (nSPS) is 11.3. The van der Waals surface area contributed by atoms with E-state index in [0.717, 1.165) is 6.42 Å². The molecule has 0 N–H and O–H groups in total. The van der Waals surface area contributed by atoms with Crippen LogP contribution >= 0.6 is 0 Å². The molecule has 2 heterocycles. The molecule has 52 heavy (non-hydrogen) atoms. The van der Waals surface area contributed by atoms with Crippen molar-refractivity contribution in [1.82, 2.24) is 0 Å². The molecule has 5 aromatic rings. The van der Waals surface area contributed by atoms with Crippen molar-refractivity contribution >= 4 is 7.32 Å². The summed E-state index contributed by atoms with van der Waals surface area (Å²) in [5, 5.41) is 21.4. The fourth-order valence-corrected chi connectivity index (χ4v) is 6.14. The summed E-state index contributed by atoms with van der Waals surface area (Å²) in [4.78, 5) is 11.0. The van der Waals surface area contributed by atoms with E-state index in [-0.39, 0.29) is 22.9 Å². The lowest BCUT2D eigenvalue weighted by Crippen LogP contribution is -2.49. The van der Waals surface area contributed by atoms with Gasteiger partial charge in [-0.25, -0.2) is 0 Å². The van der Waals surface area contributed by atoms with Gasteiger partial charge in [0.2, 0.25) is 23.8 Å². The summed E-state index contributed by atoms with van der Waals surface area (Å²) in [7, 11) is -2.23. The molecule has 0 unspecified atom stereocenters. The SMILES string of the molecule is CCO[n+]1ccccc1C(C)(C)C.CCO[n+]1ccccc1C(C)(C)C.[O-]B([O-])OCCCC(c1ccccc1)(c1ccccc1)c1ccccc1. The summed E-state index contributed by atoms with van der Waals surface area (Å²) in [6.07, 6.45) is 5.24. The lowest BCUT2D eigenvalue weighted by atomic mass is 9.67. The quantitative estimate of drug-likeness (QED) is 0.0693. The van der Waals surface area contributed by atoms with Gasteiger partial charge in [0, 0.05) is 45.7 Å². The fraction of sp³-hybridized carbons (Fsp3) is 0.364. The van der Waals surface area contributed by atoms with Crippen LogP contribution in [0.2, 0.25) is 0 Å². The lowest BCUT2D eigenvalue weighted by Gasteiger charge is -2.37. The number of pyridine rings is 2. The summed E-state index contributed by atoms with van der Waals surface area (Å²) < 4.78 is 8.43. The maximum atomic E-state index is 10.7.